The molecule has 8 aromatic carbocycles. The van der Waals surface area contributed by atoms with Crippen LogP contribution in [-0.4, -0.2) is 9.13 Å². The molecule has 0 aliphatic carbocycles. The Hall–Kier alpha value is -6.12. The largest absolute Gasteiger partial charge is 0.316 e. The highest BCUT2D eigenvalue weighted by Gasteiger charge is 2.17. The number of nitrogens with zero attached hydrogens (tertiary/aromatic N) is 2. The summed E-state index contributed by atoms with van der Waals surface area (Å²) in [6, 6.07) is 59.7. The van der Waals surface area contributed by atoms with Crippen LogP contribution in [0.5, 0.6) is 0 Å². The quantitative estimate of drug-likeness (QED) is 0.183. The summed E-state index contributed by atoms with van der Waals surface area (Å²) in [4.78, 5) is 0. The third-order valence-electron chi connectivity index (χ3n) is 9.72. The van der Waals surface area contributed by atoms with Crippen LogP contribution in [0.1, 0.15) is 0 Å². The molecule has 0 fully saturated rings. The van der Waals surface area contributed by atoms with E-state index in [1.807, 2.05) is 0 Å². The highest BCUT2D eigenvalue weighted by Crippen LogP contribution is 2.40. The van der Waals surface area contributed by atoms with Crippen molar-refractivity contribution in [3.8, 4) is 22.5 Å². The van der Waals surface area contributed by atoms with Gasteiger partial charge in [-0.25, -0.2) is 0 Å². The van der Waals surface area contributed by atoms with Crippen molar-refractivity contribution in [3.05, 3.63) is 170 Å². The fraction of sp³-hybridized carbons (Fsp3) is 0. The van der Waals surface area contributed by atoms with Gasteiger partial charge >= 0.3 is 0 Å². The zero-order valence-electron chi connectivity index (χ0n) is 25.1. The molecule has 10 rings (SSSR count). The summed E-state index contributed by atoms with van der Waals surface area (Å²) in [6.07, 6.45) is 2.19. The van der Waals surface area contributed by atoms with Crippen molar-refractivity contribution in [2.75, 3.05) is 0 Å². The first kappa shape index (κ1) is 25.2. The molecule has 0 unspecified atom stereocenters. The molecule has 0 radical (unpaired) electrons. The van der Waals surface area contributed by atoms with Gasteiger partial charge in [-0.05, 0) is 92.0 Å². The van der Waals surface area contributed by atoms with E-state index in [-0.39, 0.29) is 0 Å². The van der Waals surface area contributed by atoms with Crippen LogP contribution in [0.2, 0.25) is 0 Å². The average molecular weight is 585 g/mol. The molecule has 0 atom stereocenters. The number of hydrogen-bond acceptors (Lipinski definition) is 0. The first-order chi connectivity index (χ1) is 22.8. The van der Waals surface area contributed by atoms with Crippen LogP contribution >= 0.6 is 0 Å². The lowest BCUT2D eigenvalue weighted by Gasteiger charge is -2.13. The fourth-order valence-electron chi connectivity index (χ4n) is 7.65. The Morgan fingerprint density at radius 2 is 0.935 bits per heavy atom. The molecule has 0 spiro atoms. The molecule has 0 bridgehead atoms. The van der Waals surface area contributed by atoms with Gasteiger partial charge in [-0.2, -0.15) is 0 Å². The van der Waals surface area contributed by atoms with Gasteiger partial charge in [-0.1, -0.05) is 115 Å². The summed E-state index contributed by atoms with van der Waals surface area (Å²) in [6.45, 7) is 0. The van der Waals surface area contributed by atoms with Crippen molar-refractivity contribution in [2.24, 2.45) is 0 Å². The van der Waals surface area contributed by atoms with Crippen LogP contribution < -0.4 is 0 Å². The normalized spacial score (nSPS) is 11.9. The molecule has 214 valence electrons. The summed E-state index contributed by atoms with van der Waals surface area (Å²) >= 11 is 0. The molecule has 2 aromatic heterocycles. The highest BCUT2D eigenvalue weighted by atomic mass is 15.0. The Labute approximate surface area is 266 Å². The van der Waals surface area contributed by atoms with Crippen LogP contribution in [0.15, 0.2) is 170 Å². The molecule has 0 amide bonds. The van der Waals surface area contributed by atoms with Crippen molar-refractivity contribution < 1.29 is 0 Å². The zero-order chi connectivity index (χ0) is 30.2. The molecular weight excluding hydrogens is 556 g/mol. The van der Waals surface area contributed by atoms with Gasteiger partial charge < -0.3 is 9.13 Å². The van der Waals surface area contributed by atoms with Gasteiger partial charge in [0.05, 0.1) is 16.6 Å². The molecule has 0 aliphatic rings. The second-order valence-corrected chi connectivity index (χ2v) is 12.2. The molecule has 0 aliphatic heterocycles. The van der Waals surface area contributed by atoms with Crippen LogP contribution in [0, 0.1) is 0 Å². The maximum atomic E-state index is 2.41. The number of para-hydroxylation sites is 2. The van der Waals surface area contributed by atoms with Gasteiger partial charge in [0, 0.05) is 33.7 Å². The number of fused-ring (bicyclic) bond motifs is 11. The number of aromatic nitrogens is 2. The predicted molar refractivity (Wildman–Crippen MR) is 196 cm³/mol. The monoisotopic (exact) mass is 584 g/mol. The molecule has 2 heteroatoms. The third-order valence-corrected chi connectivity index (χ3v) is 9.72. The summed E-state index contributed by atoms with van der Waals surface area (Å²) in [5.41, 5.74) is 8.43. The smallest absolute Gasteiger partial charge is 0.0628 e. The standard InChI is InChI=1S/C44H28N2/c1-2-10-32(11-3-1)45-27-26-30-21-25-42-43(44(30)45)39-16-8-9-17-41(39)46(42)33-22-18-29(19-23-33)31-20-24-38-36-14-5-4-12-34(36)35-13-6-7-15-37(35)40(38)28-31/h1-28H. The second kappa shape index (κ2) is 9.69. The lowest BCUT2D eigenvalue weighted by atomic mass is 9.92. The Bertz CT molecular complexity index is 2740. The lowest BCUT2D eigenvalue weighted by molar-refractivity contribution is 1.13. The van der Waals surface area contributed by atoms with Gasteiger partial charge in [0.1, 0.15) is 0 Å². The predicted octanol–water partition coefficient (Wildman–Crippen LogP) is 11.9. The maximum absolute atomic E-state index is 2.41. The van der Waals surface area contributed by atoms with Crippen molar-refractivity contribution in [1.29, 1.82) is 0 Å². The van der Waals surface area contributed by atoms with Crippen molar-refractivity contribution in [1.82, 2.24) is 9.13 Å². The van der Waals surface area contributed by atoms with E-state index >= 15 is 0 Å². The van der Waals surface area contributed by atoms with E-state index in [9.17, 15) is 0 Å². The summed E-state index contributed by atoms with van der Waals surface area (Å²) < 4.78 is 4.74. The van der Waals surface area contributed by atoms with Gasteiger partial charge in [-0.15, -0.1) is 0 Å². The van der Waals surface area contributed by atoms with Crippen LogP contribution in [0.4, 0.5) is 0 Å². The lowest BCUT2D eigenvalue weighted by Crippen LogP contribution is -1.94. The fourth-order valence-corrected chi connectivity index (χ4v) is 7.65. The number of hydrogen-bond donors (Lipinski definition) is 0. The molecular formula is C44H28N2. The Kier molecular flexibility index (Phi) is 5.31. The van der Waals surface area contributed by atoms with Crippen molar-refractivity contribution in [2.45, 2.75) is 0 Å². The molecule has 0 saturated heterocycles. The van der Waals surface area contributed by atoms with Crippen LogP contribution in [0.3, 0.4) is 0 Å². The van der Waals surface area contributed by atoms with E-state index in [0.717, 1.165) is 5.69 Å². The average Bonchev–Trinajstić information content (AvgIpc) is 3.71. The zero-order valence-corrected chi connectivity index (χ0v) is 25.1. The number of rotatable bonds is 3. The van der Waals surface area contributed by atoms with Gasteiger partial charge in [0.15, 0.2) is 0 Å². The minimum atomic E-state index is 1.16. The molecule has 0 N–H and O–H groups in total. The van der Waals surface area contributed by atoms with Crippen molar-refractivity contribution in [3.63, 3.8) is 0 Å². The highest BCUT2D eigenvalue weighted by molar-refractivity contribution is 6.26. The van der Waals surface area contributed by atoms with Crippen molar-refractivity contribution >= 4 is 65.0 Å². The van der Waals surface area contributed by atoms with E-state index in [4.69, 9.17) is 0 Å². The molecule has 10 aromatic rings. The Morgan fingerprint density at radius 1 is 0.348 bits per heavy atom. The minimum Gasteiger partial charge on any atom is -0.316 e. The van der Waals surface area contributed by atoms with Crippen LogP contribution in [-0.2, 0) is 0 Å². The van der Waals surface area contributed by atoms with E-state index < -0.39 is 0 Å². The first-order valence-corrected chi connectivity index (χ1v) is 15.9. The summed E-state index contributed by atoms with van der Waals surface area (Å²) in [5, 5.41) is 11.6. The van der Waals surface area contributed by atoms with Crippen LogP contribution in [0.25, 0.3) is 87.5 Å². The summed E-state index contributed by atoms with van der Waals surface area (Å²) in [5.74, 6) is 0. The molecule has 2 heterocycles. The third kappa shape index (κ3) is 3.59. The Balaban J connectivity index is 1.15. The van der Waals surface area contributed by atoms with E-state index in [2.05, 4.69) is 179 Å². The molecule has 2 nitrogen and oxygen atoms in total. The Morgan fingerprint density at radius 3 is 1.65 bits per heavy atom. The second-order valence-electron chi connectivity index (χ2n) is 12.2. The van der Waals surface area contributed by atoms with E-state index in [1.165, 1.54) is 81.8 Å². The van der Waals surface area contributed by atoms with Gasteiger partial charge in [-0.3, -0.25) is 0 Å². The van der Waals surface area contributed by atoms with E-state index in [1.54, 1.807) is 0 Å². The van der Waals surface area contributed by atoms with Gasteiger partial charge in [0.2, 0.25) is 0 Å². The minimum absolute atomic E-state index is 1.16. The van der Waals surface area contributed by atoms with E-state index in [0.29, 0.717) is 0 Å². The van der Waals surface area contributed by atoms with Gasteiger partial charge in [0.25, 0.3) is 0 Å². The molecule has 0 saturated carbocycles. The SMILES string of the molecule is c1ccc(-n2ccc3ccc4c(c5ccccc5n4-c4ccc(-c5ccc6c7ccccc7c7ccccc7c6c5)cc4)c32)cc1. The topological polar surface area (TPSA) is 9.86 Å². The summed E-state index contributed by atoms with van der Waals surface area (Å²) in [7, 11) is 0. The maximum Gasteiger partial charge on any atom is 0.0628 e. The first-order valence-electron chi connectivity index (χ1n) is 15.9. The number of benzene rings is 8. The molecule has 46 heavy (non-hydrogen) atoms.